The zero-order valence-corrected chi connectivity index (χ0v) is 12.7. The van der Waals surface area contributed by atoms with Gasteiger partial charge in [-0.05, 0) is 20.3 Å². The van der Waals surface area contributed by atoms with Gasteiger partial charge in [-0.1, -0.05) is 0 Å². The van der Waals surface area contributed by atoms with E-state index >= 15 is 0 Å². The number of nitrogens with zero attached hydrogens (tertiary/aromatic N) is 2. The zero-order chi connectivity index (χ0) is 14.4. The van der Waals surface area contributed by atoms with Crippen molar-refractivity contribution in [2.24, 2.45) is 4.36 Å². The van der Waals surface area contributed by atoms with Gasteiger partial charge in [0.15, 0.2) is 12.9 Å². The summed E-state index contributed by atoms with van der Waals surface area (Å²) in [5, 5.41) is 8.97. The number of hydrogen-bond donors (Lipinski definition) is 0. The second-order valence-electron chi connectivity index (χ2n) is 5.13. The Kier molecular flexibility index (Phi) is 6.11. The van der Waals surface area contributed by atoms with Crippen molar-refractivity contribution in [3.63, 3.8) is 0 Å². The molecule has 2 unspecified atom stereocenters. The van der Waals surface area contributed by atoms with Crippen LogP contribution in [0.5, 0.6) is 0 Å². The van der Waals surface area contributed by atoms with Crippen molar-refractivity contribution in [3.05, 3.63) is 6.42 Å². The Labute approximate surface area is 116 Å². The maximum Gasteiger partial charge on any atom is 0.189 e. The van der Waals surface area contributed by atoms with Crippen molar-refractivity contribution < 1.29 is 13.7 Å². The van der Waals surface area contributed by atoms with Crippen LogP contribution < -0.4 is 0 Å². The van der Waals surface area contributed by atoms with Gasteiger partial charge in [-0.15, -0.1) is 0 Å². The summed E-state index contributed by atoms with van der Waals surface area (Å²) in [7, 11) is -2.49. The first-order valence-electron chi connectivity index (χ1n) is 6.52. The Bertz CT molecular complexity index is 428. The predicted molar refractivity (Wildman–Crippen MR) is 74.9 cm³/mol. The molecule has 0 aliphatic carbocycles. The van der Waals surface area contributed by atoms with Crippen molar-refractivity contribution in [1.29, 1.82) is 5.26 Å². The number of hydrogen-bond acceptors (Lipinski definition) is 5. The number of rotatable bonds is 6. The lowest BCUT2D eigenvalue weighted by Crippen LogP contribution is -2.28. The van der Waals surface area contributed by atoms with Crippen LogP contribution in [0.4, 0.5) is 0 Å². The molecule has 0 amide bonds. The molecule has 0 aromatic rings. The first-order valence-corrected chi connectivity index (χ1v) is 8.45. The van der Waals surface area contributed by atoms with Crippen molar-refractivity contribution in [2.75, 3.05) is 26.0 Å². The summed E-state index contributed by atoms with van der Waals surface area (Å²) < 4.78 is 26.4. The number of ether oxygens (including phenoxy) is 2. The van der Waals surface area contributed by atoms with Gasteiger partial charge in [0.2, 0.25) is 0 Å². The predicted octanol–water partition coefficient (Wildman–Crippen LogP) is 2.13. The monoisotopic (exact) mass is 287 g/mol. The highest BCUT2D eigenvalue weighted by atomic mass is 32.2. The minimum absolute atomic E-state index is 0.119. The van der Waals surface area contributed by atoms with Gasteiger partial charge in [-0.25, -0.2) is 8.57 Å². The van der Waals surface area contributed by atoms with Gasteiger partial charge < -0.3 is 9.47 Å². The van der Waals surface area contributed by atoms with Crippen molar-refractivity contribution in [2.45, 2.75) is 44.1 Å². The van der Waals surface area contributed by atoms with Crippen LogP contribution in [0, 0.1) is 17.8 Å². The summed E-state index contributed by atoms with van der Waals surface area (Å²) >= 11 is 0. The lowest BCUT2D eigenvalue weighted by atomic mass is 10.2. The van der Waals surface area contributed by atoms with Crippen LogP contribution in [-0.2, 0) is 19.2 Å². The molecule has 2 atom stereocenters. The molecule has 19 heavy (non-hydrogen) atoms. The molecular formula is C13H23N2O3S+. The third kappa shape index (κ3) is 5.01. The standard InChI is InChI=1S/C13H23N2O3S/c1-13(2,11-14)19(3,16)15-8-6-10-18-12-7-4-5-9-17-12/h5,12H,4,6-10H2,1-3H3/q+1. The molecule has 0 aromatic heterocycles. The van der Waals surface area contributed by atoms with E-state index in [9.17, 15) is 4.21 Å². The molecule has 1 heterocycles. The van der Waals surface area contributed by atoms with Crippen LogP contribution >= 0.6 is 0 Å². The van der Waals surface area contributed by atoms with Gasteiger partial charge in [0.05, 0.1) is 35.4 Å². The Morgan fingerprint density at radius 3 is 2.95 bits per heavy atom. The van der Waals surface area contributed by atoms with Crippen LogP contribution in [0.15, 0.2) is 4.36 Å². The largest absolute Gasteiger partial charge is 0.352 e. The van der Waals surface area contributed by atoms with E-state index in [1.165, 1.54) is 6.26 Å². The first kappa shape index (κ1) is 16.3. The Hall–Kier alpha value is -0.770. The molecule has 108 valence electrons. The molecule has 0 radical (unpaired) electrons. The van der Waals surface area contributed by atoms with Crippen molar-refractivity contribution >= 4 is 9.73 Å². The third-order valence-corrected chi connectivity index (χ3v) is 5.83. The smallest absolute Gasteiger partial charge is 0.189 e. The summed E-state index contributed by atoms with van der Waals surface area (Å²) in [6.45, 7) is 4.94. The first-order chi connectivity index (χ1) is 8.89. The molecule has 0 spiro atoms. The molecule has 5 nitrogen and oxygen atoms in total. The summed E-state index contributed by atoms with van der Waals surface area (Å²) in [5.74, 6) is 0. The normalized spacial score (nSPS) is 22.9. The Morgan fingerprint density at radius 1 is 1.63 bits per heavy atom. The lowest BCUT2D eigenvalue weighted by molar-refractivity contribution is -0.151. The van der Waals surface area contributed by atoms with Gasteiger partial charge in [-0.2, -0.15) is 5.26 Å². The van der Waals surface area contributed by atoms with Crippen LogP contribution in [0.2, 0.25) is 0 Å². The highest BCUT2D eigenvalue weighted by Crippen LogP contribution is 2.17. The third-order valence-electron chi connectivity index (χ3n) is 3.17. The van der Waals surface area contributed by atoms with Crippen LogP contribution in [-0.4, -0.2) is 41.3 Å². The fourth-order valence-electron chi connectivity index (χ4n) is 1.49. The van der Waals surface area contributed by atoms with Gasteiger partial charge in [0.25, 0.3) is 0 Å². The van der Waals surface area contributed by atoms with E-state index < -0.39 is 14.5 Å². The fourth-order valence-corrected chi connectivity index (χ4v) is 2.46. The maximum absolute atomic E-state index is 12.2. The fraction of sp³-hybridized carbons (Fsp3) is 0.846. The van der Waals surface area contributed by atoms with Gasteiger partial charge >= 0.3 is 0 Å². The van der Waals surface area contributed by atoms with E-state index in [-0.39, 0.29) is 6.29 Å². The zero-order valence-electron chi connectivity index (χ0n) is 11.9. The number of nitriles is 1. The second kappa shape index (κ2) is 7.13. The van der Waals surface area contributed by atoms with Gasteiger partial charge in [0.1, 0.15) is 11.2 Å². The van der Waals surface area contributed by atoms with Crippen LogP contribution in [0.25, 0.3) is 0 Å². The average molecular weight is 287 g/mol. The van der Waals surface area contributed by atoms with Gasteiger partial charge in [0, 0.05) is 12.7 Å². The molecule has 1 fully saturated rings. The van der Waals surface area contributed by atoms with Gasteiger partial charge in [-0.3, -0.25) is 0 Å². The highest BCUT2D eigenvalue weighted by molar-refractivity contribution is 7.94. The van der Waals surface area contributed by atoms with Crippen molar-refractivity contribution in [3.8, 4) is 6.07 Å². The van der Waals surface area contributed by atoms with E-state index in [1.54, 1.807) is 13.8 Å². The molecule has 1 rings (SSSR count). The molecule has 6 heteroatoms. The quantitative estimate of drug-likeness (QED) is 0.554. The highest BCUT2D eigenvalue weighted by Gasteiger charge is 2.27. The topological polar surface area (TPSA) is 71.7 Å². The molecule has 1 aliphatic rings. The lowest BCUT2D eigenvalue weighted by Gasteiger charge is -2.19. The van der Waals surface area contributed by atoms with E-state index in [1.807, 2.05) is 0 Å². The van der Waals surface area contributed by atoms with Crippen LogP contribution in [0.3, 0.4) is 0 Å². The molecule has 1 saturated heterocycles. The average Bonchev–Trinajstić information content (AvgIpc) is 2.39. The van der Waals surface area contributed by atoms with E-state index in [4.69, 9.17) is 14.7 Å². The molecule has 0 N–H and O–H groups in total. The molecule has 0 bridgehead atoms. The summed E-state index contributed by atoms with van der Waals surface area (Å²) in [5.41, 5.74) is 0. The minimum Gasteiger partial charge on any atom is -0.352 e. The molecule has 0 aromatic carbocycles. The van der Waals surface area contributed by atoms with E-state index in [0.717, 1.165) is 12.8 Å². The van der Waals surface area contributed by atoms with E-state index in [2.05, 4.69) is 16.9 Å². The molecule has 1 aliphatic heterocycles. The Balaban J connectivity index is 2.30. The second-order valence-corrected chi connectivity index (χ2v) is 8.01. The summed E-state index contributed by atoms with van der Waals surface area (Å²) in [6.07, 6.45) is 6.11. The SMILES string of the molecule is CC(C)(C#N)S(C)(=O)=NCCCOC1CC[CH+]CO1. The summed E-state index contributed by atoms with van der Waals surface area (Å²) in [4.78, 5) is 0. The van der Waals surface area contributed by atoms with E-state index in [0.29, 0.717) is 26.2 Å². The summed E-state index contributed by atoms with van der Waals surface area (Å²) in [6, 6.07) is 2.05. The van der Waals surface area contributed by atoms with Crippen LogP contribution in [0.1, 0.15) is 33.1 Å². The minimum atomic E-state index is -2.49. The van der Waals surface area contributed by atoms with Crippen molar-refractivity contribution in [1.82, 2.24) is 0 Å². The molecule has 0 saturated carbocycles. The molecular weight excluding hydrogens is 264 g/mol. The Morgan fingerprint density at radius 2 is 2.37 bits per heavy atom. The maximum atomic E-state index is 12.2.